The third-order valence-corrected chi connectivity index (χ3v) is 6.65. The van der Waals surface area contributed by atoms with E-state index in [4.69, 9.17) is 9.47 Å². The molecule has 8 heteroatoms. The lowest BCUT2D eigenvalue weighted by molar-refractivity contribution is -0.123. The molecule has 0 aliphatic heterocycles. The lowest BCUT2D eigenvalue weighted by Gasteiger charge is -2.15. The van der Waals surface area contributed by atoms with Crippen LogP contribution in [0.1, 0.15) is 24.5 Å². The van der Waals surface area contributed by atoms with Gasteiger partial charge in [0.15, 0.2) is 6.61 Å². The number of aryl methyl sites for hydroxylation is 2. The van der Waals surface area contributed by atoms with E-state index in [0.717, 1.165) is 12.8 Å². The van der Waals surface area contributed by atoms with Crippen LogP contribution in [0, 0.1) is 6.92 Å². The van der Waals surface area contributed by atoms with Gasteiger partial charge in [0, 0.05) is 11.7 Å². The SMILES string of the molecule is COc1ccc(NS(=O)(=O)c2ccc(OCC(=O)N[C@H](C)CCc3ccccc3)c(C)c2)cc1. The first-order chi connectivity index (χ1) is 16.3. The lowest BCUT2D eigenvalue weighted by atomic mass is 10.1. The molecule has 1 amide bonds. The zero-order chi connectivity index (χ0) is 24.6. The molecule has 0 unspecified atom stereocenters. The number of carbonyl (C=O) groups excluding carboxylic acids is 1. The molecule has 180 valence electrons. The van der Waals surface area contributed by atoms with Gasteiger partial charge in [-0.3, -0.25) is 9.52 Å². The van der Waals surface area contributed by atoms with Gasteiger partial charge in [-0.1, -0.05) is 30.3 Å². The van der Waals surface area contributed by atoms with E-state index in [9.17, 15) is 13.2 Å². The zero-order valence-electron chi connectivity index (χ0n) is 19.6. The summed E-state index contributed by atoms with van der Waals surface area (Å²) < 4.78 is 38.7. The smallest absolute Gasteiger partial charge is 0.261 e. The number of amides is 1. The second-order valence-corrected chi connectivity index (χ2v) is 9.73. The highest BCUT2D eigenvalue weighted by molar-refractivity contribution is 7.92. The predicted octanol–water partition coefficient (Wildman–Crippen LogP) is 4.32. The highest BCUT2D eigenvalue weighted by Crippen LogP contribution is 2.24. The number of nitrogens with one attached hydrogen (secondary N) is 2. The van der Waals surface area contributed by atoms with Crippen LogP contribution < -0.4 is 19.5 Å². The minimum atomic E-state index is -3.77. The van der Waals surface area contributed by atoms with Gasteiger partial charge in [-0.15, -0.1) is 0 Å². The molecule has 3 rings (SSSR count). The molecule has 1 atom stereocenters. The van der Waals surface area contributed by atoms with Crippen LogP contribution in [0.15, 0.2) is 77.7 Å². The van der Waals surface area contributed by atoms with Crippen molar-refractivity contribution < 1.29 is 22.7 Å². The Morgan fingerprint density at radius 2 is 1.71 bits per heavy atom. The summed E-state index contributed by atoms with van der Waals surface area (Å²) >= 11 is 0. The number of hydrogen-bond acceptors (Lipinski definition) is 5. The number of methoxy groups -OCH3 is 1. The summed E-state index contributed by atoms with van der Waals surface area (Å²) in [6, 6.07) is 21.2. The Hall–Kier alpha value is -3.52. The summed E-state index contributed by atoms with van der Waals surface area (Å²) in [5.74, 6) is 0.864. The summed E-state index contributed by atoms with van der Waals surface area (Å²) in [6.07, 6.45) is 1.70. The maximum atomic E-state index is 12.7. The van der Waals surface area contributed by atoms with Crippen molar-refractivity contribution in [1.29, 1.82) is 0 Å². The van der Waals surface area contributed by atoms with Gasteiger partial charge in [0.25, 0.3) is 15.9 Å². The monoisotopic (exact) mass is 482 g/mol. The number of carbonyl (C=O) groups is 1. The average molecular weight is 483 g/mol. The molecule has 0 aliphatic rings. The minimum Gasteiger partial charge on any atom is -0.497 e. The third kappa shape index (κ3) is 7.25. The normalized spacial score (nSPS) is 12.0. The van der Waals surface area contributed by atoms with Gasteiger partial charge in [0.1, 0.15) is 11.5 Å². The predicted molar refractivity (Wildman–Crippen MR) is 133 cm³/mol. The third-order valence-electron chi connectivity index (χ3n) is 5.27. The Balaban J connectivity index is 1.52. The molecule has 34 heavy (non-hydrogen) atoms. The van der Waals surface area contributed by atoms with E-state index in [1.807, 2.05) is 25.1 Å². The van der Waals surface area contributed by atoms with Crippen molar-refractivity contribution in [3.63, 3.8) is 0 Å². The van der Waals surface area contributed by atoms with Crippen LogP contribution >= 0.6 is 0 Å². The number of hydrogen-bond donors (Lipinski definition) is 2. The molecule has 0 saturated heterocycles. The van der Waals surface area contributed by atoms with Gasteiger partial charge in [-0.25, -0.2) is 8.42 Å². The van der Waals surface area contributed by atoms with E-state index in [-0.39, 0.29) is 23.5 Å². The molecule has 0 spiro atoms. The second kappa shape index (κ2) is 11.6. The van der Waals surface area contributed by atoms with Crippen LogP contribution in [0.25, 0.3) is 0 Å². The van der Waals surface area contributed by atoms with Crippen LogP contribution in [0.2, 0.25) is 0 Å². The van der Waals surface area contributed by atoms with E-state index in [1.54, 1.807) is 44.4 Å². The van der Waals surface area contributed by atoms with Gasteiger partial charge in [-0.2, -0.15) is 0 Å². The standard InChI is InChI=1S/C26H30N2O5S/c1-19-17-24(34(30,31)28-22-11-13-23(32-3)14-12-22)15-16-25(19)33-18-26(29)27-20(2)9-10-21-7-5-4-6-8-21/h4-8,11-17,20,28H,9-10,18H2,1-3H3,(H,27,29)/t20-/m1/s1. The number of sulfonamides is 1. The summed E-state index contributed by atoms with van der Waals surface area (Å²) in [5.41, 5.74) is 2.27. The summed E-state index contributed by atoms with van der Waals surface area (Å²) in [6.45, 7) is 3.55. The molecule has 3 aromatic rings. The van der Waals surface area contributed by atoms with E-state index < -0.39 is 10.0 Å². The number of rotatable bonds is 11. The molecule has 0 aliphatic carbocycles. The van der Waals surface area contributed by atoms with Crippen molar-refractivity contribution in [1.82, 2.24) is 5.32 Å². The molecule has 0 heterocycles. The largest absolute Gasteiger partial charge is 0.497 e. The fourth-order valence-corrected chi connectivity index (χ4v) is 4.53. The van der Waals surface area contributed by atoms with Crippen LogP contribution in [0.5, 0.6) is 11.5 Å². The number of anilines is 1. The highest BCUT2D eigenvalue weighted by Gasteiger charge is 2.16. The van der Waals surface area contributed by atoms with Crippen molar-refractivity contribution in [2.45, 2.75) is 37.6 Å². The molecular formula is C26H30N2O5S. The van der Waals surface area contributed by atoms with E-state index in [1.165, 1.54) is 17.7 Å². The number of benzene rings is 3. The fourth-order valence-electron chi connectivity index (χ4n) is 3.38. The average Bonchev–Trinajstić information content (AvgIpc) is 2.83. The molecule has 3 aromatic carbocycles. The van der Waals surface area contributed by atoms with Gasteiger partial charge in [0.05, 0.1) is 12.0 Å². The van der Waals surface area contributed by atoms with Crippen molar-refractivity contribution >= 4 is 21.6 Å². The van der Waals surface area contributed by atoms with E-state index in [0.29, 0.717) is 22.7 Å². The topological polar surface area (TPSA) is 93.7 Å². The quantitative estimate of drug-likeness (QED) is 0.425. The molecule has 2 N–H and O–H groups in total. The van der Waals surface area contributed by atoms with E-state index >= 15 is 0 Å². The molecule has 0 fully saturated rings. The number of ether oxygens (including phenoxy) is 2. The summed E-state index contributed by atoms with van der Waals surface area (Å²) in [4.78, 5) is 12.4. The van der Waals surface area contributed by atoms with Crippen molar-refractivity contribution in [3.8, 4) is 11.5 Å². The first kappa shape index (κ1) is 25.1. The molecule has 0 aromatic heterocycles. The Bertz CT molecular complexity index is 1200. The Labute approximate surface area is 201 Å². The van der Waals surface area contributed by atoms with Crippen LogP contribution in [0.4, 0.5) is 5.69 Å². The van der Waals surface area contributed by atoms with Crippen molar-refractivity contribution in [2.75, 3.05) is 18.4 Å². The maximum Gasteiger partial charge on any atom is 0.261 e. The molecule has 0 radical (unpaired) electrons. The highest BCUT2D eigenvalue weighted by atomic mass is 32.2. The Morgan fingerprint density at radius 1 is 1.00 bits per heavy atom. The van der Waals surface area contributed by atoms with Crippen LogP contribution in [0.3, 0.4) is 0 Å². The summed E-state index contributed by atoms with van der Waals surface area (Å²) in [7, 11) is -2.23. The minimum absolute atomic E-state index is 0.00829. The molecule has 0 bridgehead atoms. The molecule has 0 saturated carbocycles. The molecular weight excluding hydrogens is 452 g/mol. The first-order valence-electron chi connectivity index (χ1n) is 11.0. The molecule has 7 nitrogen and oxygen atoms in total. The van der Waals surface area contributed by atoms with Gasteiger partial charge >= 0.3 is 0 Å². The second-order valence-electron chi connectivity index (χ2n) is 8.04. The summed E-state index contributed by atoms with van der Waals surface area (Å²) in [5, 5.41) is 2.93. The Morgan fingerprint density at radius 3 is 2.35 bits per heavy atom. The van der Waals surface area contributed by atoms with E-state index in [2.05, 4.69) is 22.2 Å². The van der Waals surface area contributed by atoms with Crippen molar-refractivity contribution in [2.24, 2.45) is 0 Å². The van der Waals surface area contributed by atoms with Gasteiger partial charge in [-0.05, 0) is 80.3 Å². The lowest BCUT2D eigenvalue weighted by Crippen LogP contribution is -2.36. The first-order valence-corrected chi connectivity index (χ1v) is 12.5. The van der Waals surface area contributed by atoms with Crippen LogP contribution in [-0.4, -0.2) is 34.1 Å². The Kier molecular flexibility index (Phi) is 8.54. The van der Waals surface area contributed by atoms with Crippen LogP contribution in [-0.2, 0) is 21.2 Å². The van der Waals surface area contributed by atoms with Gasteiger partial charge in [0.2, 0.25) is 0 Å². The maximum absolute atomic E-state index is 12.7. The zero-order valence-corrected chi connectivity index (χ0v) is 20.4. The van der Waals surface area contributed by atoms with Gasteiger partial charge < -0.3 is 14.8 Å². The fraction of sp³-hybridized carbons (Fsp3) is 0.269. The van der Waals surface area contributed by atoms with Crippen molar-refractivity contribution in [3.05, 3.63) is 83.9 Å².